The summed E-state index contributed by atoms with van der Waals surface area (Å²) < 4.78 is 44.5. The van der Waals surface area contributed by atoms with Crippen molar-refractivity contribution in [1.29, 1.82) is 0 Å². The number of carbonyl (C=O) groups excluding carboxylic acids is 1. The van der Waals surface area contributed by atoms with Crippen LogP contribution in [0.5, 0.6) is 5.75 Å². The van der Waals surface area contributed by atoms with E-state index in [1.165, 1.54) is 30.6 Å². The molecule has 49 heavy (non-hydrogen) atoms. The van der Waals surface area contributed by atoms with Crippen molar-refractivity contribution in [3.8, 4) is 39.5 Å². The SMILES string of the molecule is C=CC(=O)N1CCn2nc(-c3nc(-c4ccc(N5CCN(C)CC5)nc4)c4ccsc4c3-c3c(F)cc(F)cc3OCCOC)cc2C1C. The summed E-state index contributed by atoms with van der Waals surface area (Å²) in [6.45, 7) is 10.6. The van der Waals surface area contributed by atoms with E-state index in [0.717, 1.165) is 59.4 Å². The lowest BCUT2D eigenvalue weighted by molar-refractivity contribution is -0.129. The topological polar surface area (TPSA) is 88.9 Å². The molecule has 0 N–H and O–H groups in total. The van der Waals surface area contributed by atoms with Crippen molar-refractivity contribution in [3.63, 3.8) is 0 Å². The molecule has 1 unspecified atom stereocenters. The van der Waals surface area contributed by atoms with Crippen LogP contribution in [0.2, 0.25) is 0 Å². The predicted octanol–water partition coefficient (Wildman–Crippen LogP) is 6.03. The Hall–Kier alpha value is -4.72. The van der Waals surface area contributed by atoms with Crippen molar-refractivity contribution in [2.24, 2.45) is 0 Å². The van der Waals surface area contributed by atoms with Gasteiger partial charge in [0.05, 0.1) is 36.1 Å². The number of amides is 1. The van der Waals surface area contributed by atoms with Crippen LogP contribution in [0.4, 0.5) is 14.6 Å². The molecule has 1 saturated heterocycles. The fraction of sp³-hybridized carbons (Fsp3) is 0.333. The lowest BCUT2D eigenvalue weighted by Crippen LogP contribution is -2.44. The van der Waals surface area contributed by atoms with E-state index >= 15 is 4.39 Å². The summed E-state index contributed by atoms with van der Waals surface area (Å²) >= 11 is 1.43. The molecule has 1 aromatic carbocycles. The predicted molar refractivity (Wildman–Crippen MR) is 187 cm³/mol. The smallest absolute Gasteiger partial charge is 0.246 e. The number of thiophene rings is 1. The third kappa shape index (κ3) is 6.18. The van der Waals surface area contributed by atoms with E-state index in [4.69, 9.17) is 24.5 Å². The van der Waals surface area contributed by atoms with Crippen molar-refractivity contribution in [2.45, 2.75) is 19.5 Å². The molecule has 5 aromatic rings. The quantitative estimate of drug-likeness (QED) is 0.137. The second-order valence-electron chi connectivity index (χ2n) is 12.2. The Labute approximate surface area is 287 Å². The molecule has 1 fully saturated rings. The Bertz CT molecular complexity index is 2020. The highest BCUT2D eigenvalue weighted by molar-refractivity contribution is 7.18. The Morgan fingerprint density at radius 2 is 1.86 bits per heavy atom. The number of likely N-dealkylation sites (N-methyl/N-ethyl adjacent to an activating group) is 1. The summed E-state index contributed by atoms with van der Waals surface area (Å²) in [5.74, 6) is -0.765. The molecule has 0 bridgehead atoms. The number of rotatable bonds is 9. The van der Waals surface area contributed by atoms with Crippen LogP contribution in [0, 0.1) is 11.6 Å². The number of carbonyl (C=O) groups is 1. The van der Waals surface area contributed by atoms with E-state index in [0.29, 0.717) is 35.7 Å². The first-order valence-corrected chi connectivity index (χ1v) is 17.1. The number of benzene rings is 1. The van der Waals surface area contributed by atoms with Crippen molar-refractivity contribution in [1.82, 2.24) is 29.5 Å². The molecule has 13 heteroatoms. The van der Waals surface area contributed by atoms with Crippen LogP contribution in [0.1, 0.15) is 18.7 Å². The fourth-order valence-corrected chi connectivity index (χ4v) is 7.54. The summed E-state index contributed by atoms with van der Waals surface area (Å²) in [7, 11) is 3.65. The zero-order chi connectivity index (χ0) is 34.2. The summed E-state index contributed by atoms with van der Waals surface area (Å²) in [6.07, 6.45) is 3.14. The molecule has 2 aliphatic rings. The third-order valence-corrected chi connectivity index (χ3v) is 10.2. The highest BCUT2D eigenvalue weighted by Crippen LogP contribution is 2.47. The first-order chi connectivity index (χ1) is 23.8. The zero-order valence-electron chi connectivity index (χ0n) is 27.7. The van der Waals surface area contributed by atoms with Crippen molar-refractivity contribution in [2.75, 3.05) is 65.0 Å². The standard InChI is InChI=1S/C36H37F2N7O3S/c1-5-31(46)44-13-14-45-28(22(44)2)20-27(41-45)35-33(32-26(38)18-24(37)19-29(32)48-16-15-47-4)36-25(8-17-49-36)34(40-35)23-6-7-30(39-21-23)43-11-9-42(3)10-12-43/h5-8,17-22H,1,9-16H2,2-4H3. The maximum absolute atomic E-state index is 16.1. The van der Waals surface area contributed by atoms with Gasteiger partial charge in [-0.2, -0.15) is 5.10 Å². The van der Waals surface area contributed by atoms with Crippen LogP contribution in [0.25, 0.3) is 43.9 Å². The second-order valence-corrected chi connectivity index (χ2v) is 13.2. The molecular formula is C36H37F2N7O3S. The molecule has 254 valence electrons. The van der Waals surface area contributed by atoms with Gasteiger partial charge in [0.1, 0.15) is 41.2 Å². The summed E-state index contributed by atoms with van der Waals surface area (Å²) in [6, 6.07) is 9.63. The van der Waals surface area contributed by atoms with Gasteiger partial charge in [-0.1, -0.05) is 6.58 Å². The second kappa shape index (κ2) is 13.7. The number of ether oxygens (including phenoxy) is 2. The molecule has 0 aliphatic carbocycles. The average Bonchev–Trinajstić information content (AvgIpc) is 3.77. The maximum Gasteiger partial charge on any atom is 0.246 e. The van der Waals surface area contributed by atoms with Gasteiger partial charge in [-0.05, 0) is 49.7 Å². The molecule has 10 nitrogen and oxygen atoms in total. The average molecular weight is 686 g/mol. The number of methoxy groups -OCH3 is 1. The number of nitrogens with zero attached hydrogens (tertiary/aromatic N) is 7. The molecule has 0 spiro atoms. The van der Waals surface area contributed by atoms with Crippen LogP contribution in [0.3, 0.4) is 0 Å². The number of pyridine rings is 2. The Morgan fingerprint density at radius 3 is 2.59 bits per heavy atom. The van der Waals surface area contributed by atoms with Gasteiger partial charge >= 0.3 is 0 Å². The van der Waals surface area contributed by atoms with E-state index in [1.807, 2.05) is 47.4 Å². The Kier molecular flexibility index (Phi) is 9.14. The van der Waals surface area contributed by atoms with Crippen LogP contribution >= 0.6 is 11.3 Å². The maximum atomic E-state index is 16.1. The normalized spacial score (nSPS) is 16.6. The van der Waals surface area contributed by atoms with Gasteiger partial charge in [0.25, 0.3) is 0 Å². The number of anilines is 1. The molecule has 6 heterocycles. The fourth-order valence-electron chi connectivity index (χ4n) is 6.59. The minimum Gasteiger partial charge on any atom is -0.490 e. The highest BCUT2D eigenvalue weighted by Gasteiger charge is 2.31. The number of aromatic nitrogens is 4. The number of halogens is 2. The molecule has 1 amide bonds. The van der Waals surface area contributed by atoms with Crippen molar-refractivity contribution < 1.29 is 23.0 Å². The van der Waals surface area contributed by atoms with Gasteiger partial charge in [-0.25, -0.2) is 18.7 Å². The lowest BCUT2D eigenvalue weighted by atomic mass is 9.96. The minimum atomic E-state index is -0.781. The van der Waals surface area contributed by atoms with Gasteiger partial charge in [0.2, 0.25) is 5.91 Å². The van der Waals surface area contributed by atoms with Gasteiger partial charge in [0.15, 0.2) is 0 Å². The third-order valence-electron chi connectivity index (χ3n) is 9.23. The van der Waals surface area contributed by atoms with Crippen LogP contribution in [-0.4, -0.2) is 95.6 Å². The van der Waals surface area contributed by atoms with Crippen molar-refractivity contribution >= 4 is 33.1 Å². The zero-order valence-corrected chi connectivity index (χ0v) is 28.5. The lowest BCUT2D eigenvalue weighted by Gasteiger charge is -2.33. The molecule has 4 aromatic heterocycles. The molecule has 0 radical (unpaired) electrons. The van der Waals surface area contributed by atoms with E-state index in [1.54, 1.807) is 4.90 Å². The van der Waals surface area contributed by atoms with E-state index in [-0.39, 0.29) is 36.5 Å². The molecule has 0 saturated carbocycles. The number of fused-ring (bicyclic) bond motifs is 2. The summed E-state index contributed by atoms with van der Waals surface area (Å²) in [5.41, 5.74) is 3.71. The highest BCUT2D eigenvalue weighted by atomic mass is 32.1. The van der Waals surface area contributed by atoms with Crippen LogP contribution in [0.15, 0.2) is 60.6 Å². The Balaban J connectivity index is 1.42. The number of hydrogen-bond acceptors (Lipinski definition) is 9. The van der Waals surface area contributed by atoms with Crippen LogP contribution < -0.4 is 9.64 Å². The van der Waals surface area contributed by atoms with E-state index in [2.05, 4.69) is 23.4 Å². The largest absolute Gasteiger partial charge is 0.490 e. The number of hydrogen-bond donors (Lipinski definition) is 0. The van der Waals surface area contributed by atoms with E-state index < -0.39 is 11.6 Å². The number of piperazine rings is 1. The summed E-state index contributed by atoms with van der Waals surface area (Å²) in [5, 5.41) is 7.68. The van der Waals surface area contributed by atoms with Gasteiger partial charge in [0, 0.05) is 79.4 Å². The molecule has 2 aliphatic heterocycles. The summed E-state index contributed by atoms with van der Waals surface area (Å²) in [4.78, 5) is 29.0. The Morgan fingerprint density at radius 1 is 1.04 bits per heavy atom. The first kappa shape index (κ1) is 32.8. The van der Waals surface area contributed by atoms with Crippen molar-refractivity contribution in [3.05, 3.63) is 78.0 Å². The minimum absolute atomic E-state index is 0.0401. The molecule has 7 rings (SSSR count). The molecule has 1 atom stereocenters. The van der Waals surface area contributed by atoms with Gasteiger partial charge < -0.3 is 24.2 Å². The monoisotopic (exact) mass is 685 g/mol. The first-order valence-electron chi connectivity index (χ1n) is 16.2. The molecular weight excluding hydrogens is 649 g/mol. The van der Waals surface area contributed by atoms with E-state index in [9.17, 15) is 9.18 Å². The van der Waals surface area contributed by atoms with Gasteiger partial charge in [-0.15, -0.1) is 11.3 Å². The van der Waals surface area contributed by atoms with Gasteiger partial charge in [-0.3, -0.25) is 9.48 Å². The van der Waals surface area contributed by atoms with Crippen LogP contribution in [-0.2, 0) is 16.1 Å².